The summed E-state index contributed by atoms with van der Waals surface area (Å²) in [6.45, 7) is 2.44. The third-order valence-corrected chi connectivity index (χ3v) is 5.57. The minimum atomic E-state index is -0.0665. The van der Waals surface area contributed by atoms with E-state index in [1.54, 1.807) is 0 Å². The van der Waals surface area contributed by atoms with Crippen molar-refractivity contribution in [3.05, 3.63) is 71.8 Å². The summed E-state index contributed by atoms with van der Waals surface area (Å²) in [6, 6.07) is 21.0. The van der Waals surface area contributed by atoms with Crippen LogP contribution in [-0.2, 0) is 4.79 Å². The highest BCUT2D eigenvalue weighted by molar-refractivity contribution is 6.30. The molecule has 1 aliphatic rings. The van der Waals surface area contributed by atoms with Gasteiger partial charge in [-0.3, -0.25) is 4.79 Å². The highest BCUT2D eigenvalue weighted by Gasteiger charge is 2.26. The van der Waals surface area contributed by atoms with Crippen molar-refractivity contribution in [2.75, 3.05) is 31.1 Å². The monoisotopic (exact) mass is 436 g/mol. The van der Waals surface area contributed by atoms with E-state index in [1.165, 1.54) is 0 Å². The number of carbonyl (C=O) groups is 1. The van der Waals surface area contributed by atoms with Gasteiger partial charge in [0.25, 0.3) is 0 Å². The summed E-state index contributed by atoms with van der Waals surface area (Å²) in [5.74, 6) is 1.60. The molecule has 160 valence electrons. The van der Waals surface area contributed by atoms with Crippen LogP contribution in [0.5, 0.6) is 5.75 Å². The Bertz CT molecular complexity index is 981. The molecule has 1 amide bonds. The van der Waals surface area contributed by atoms with E-state index >= 15 is 0 Å². The summed E-state index contributed by atoms with van der Waals surface area (Å²) >= 11 is 5.95. The number of hydrogen-bond donors (Lipinski definition) is 1. The van der Waals surface area contributed by atoms with E-state index in [0.717, 1.165) is 42.2 Å². The maximum Gasteiger partial charge on any atom is 0.225 e. The van der Waals surface area contributed by atoms with E-state index < -0.39 is 0 Å². The Morgan fingerprint density at radius 1 is 1.06 bits per heavy atom. The second-order valence-corrected chi connectivity index (χ2v) is 7.96. The van der Waals surface area contributed by atoms with E-state index in [1.807, 2.05) is 66.7 Å². The third kappa shape index (κ3) is 5.73. The van der Waals surface area contributed by atoms with Gasteiger partial charge in [0.15, 0.2) is 5.82 Å². The number of piperidine rings is 1. The van der Waals surface area contributed by atoms with Crippen LogP contribution in [0.2, 0.25) is 5.02 Å². The zero-order chi connectivity index (χ0) is 21.5. The van der Waals surface area contributed by atoms with E-state index in [4.69, 9.17) is 16.3 Å². The first kappa shape index (κ1) is 21.1. The lowest BCUT2D eigenvalue weighted by molar-refractivity contribution is -0.125. The molecule has 1 aromatic heterocycles. The number of aromatic nitrogens is 2. The molecule has 1 aliphatic heterocycles. The van der Waals surface area contributed by atoms with Crippen molar-refractivity contribution in [2.45, 2.75) is 12.8 Å². The Hall–Kier alpha value is -3.12. The Kier molecular flexibility index (Phi) is 6.99. The quantitative estimate of drug-likeness (QED) is 0.562. The van der Waals surface area contributed by atoms with Gasteiger partial charge in [-0.15, -0.1) is 10.2 Å². The van der Waals surface area contributed by atoms with E-state index in [0.29, 0.717) is 24.7 Å². The van der Waals surface area contributed by atoms with Crippen molar-refractivity contribution in [1.29, 1.82) is 0 Å². The number of hydrogen-bond acceptors (Lipinski definition) is 5. The van der Waals surface area contributed by atoms with Crippen LogP contribution >= 0.6 is 11.6 Å². The maximum absolute atomic E-state index is 12.6. The Morgan fingerprint density at radius 2 is 1.87 bits per heavy atom. The minimum absolute atomic E-state index is 0.0621. The molecule has 6 nitrogen and oxygen atoms in total. The van der Waals surface area contributed by atoms with Gasteiger partial charge in [0.1, 0.15) is 12.4 Å². The van der Waals surface area contributed by atoms with Gasteiger partial charge in [0, 0.05) is 23.7 Å². The molecular weight excluding hydrogens is 412 g/mol. The molecule has 0 bridgehead atoms. The van der Waals surface area contributed by atoms with Crippen molar-refractivity contribution in [3.8, 4) is 17.0 Å². The minimum Gasteiger partial charge on any atom is -0.492 e. The van der Waals surface area contributed by atoms with Crippen molar-refractivity contribution in [3.63, 3.8) is 0 Å². The second-order valence-electron chi connectivity index (χ2n) is 7.52. The van der Waals surface area contributed by atoms with Gasteiger partial charge < -0.3 is 15.0 Å². The number of para-hydroxylation sites is 1. The zero-order valence-electron chi connectivity index (χ0n) is 17.2. The smallest absolute Gasteiger partial charge is 0.225 e. The van der Waals surface area contributed by atoms with Crippen LogP contribution in [0.3, 0.4) is 0 Å². The fraction of sp³-hybridized carbons (Fsp3) is 0.292. The Balaban J connectivity index is 1.28. The van der Waals surface area contributed by atoms with Crippen LogP contribution in [0.25, 0.3) is 11.3 Å². The molecule has 0 aliphatic carbocycles. The number of halogens is 1. The molecule has 2 aromatic carbocycles. The first-order valence-corrected chi connectivity index (χ1v) is 10.9. The number of amides is 1. The Labute approximate surface area is 187 Å². The van der Waals surface area contributed by atoms with Crippen molar-refractivity contribution >= 4 is 23.3 Å². The molecule has 31 heavy (non-hydrogen) atoms. The highest BCUT2D eigenvalue weighted by Crippen LogP contribution is 2.24. The van der Waals surface area contributed by atoms with E-state index in [9.17, 15) is 4.79 Å². The van der Waals surface area contributed by atoms with Crippen molar-refractivity contribution < 1.29 is 9.53 Å². The van der Waals surface area contributed by atoms with Gasteiger partial charge >= 0.3 is 0 Å². The third-order valence-electron chi connectivity index (χ3n) is 5.32. The number of benzene rings is 2. The number of anilines is 1. The molecule has 1 fully saturated rings. The van der Waals surface area contributed by atoms with Gasteiger partial charge in [-0.2, -0.15) is 0 Å². The van der Waals surface area contributed by atoms with Crippen molar-refractivity contribution in [1.82, 2.24) is 15.5 Å². The maximum atomic E-state index is 12.6. The summed E-state index contributed by atoms with van der Waals surface area (Å²) in [6.07, 6.45) is 1.82. The molecule has 2 heterocycles. The average molecular weight is 437 g/mol. The summed E-state index contributed by atoms with van der Waals surface area (Å²) in [4.78, 5) is 14.7. The first-order chi connectivity index (χ1) is 15.2. The molecule has 4 rings (SSSR count). The van der Waals surface area contributed by atoms with Gasteiger partial charge in [0.05, 0.1) is 18.2 Å². The standard InChI is InChI=1S/C24H25ClN4O2/c25-20-10-8-18(9-11-20)22-12-13-23(28-27-22)29-15-4-5-19(17-29)24(30)26-14-16-31-21-6-2-1-3-7-21/h1-3,6-13,19H,4-5,14-17H2,(H,26,30). The van der Waals surface area contributed by atoms with Crippen LogP contribution in [-0.4, -0.2) is 42.3 Å². The summed E-state index contributed by atoms with van der Waals surface area (Å²) in [5, 5.41) is 12.4. The normalized spacial score (nSPS) is 16.0. The van der Waals surface area contributed by atoms with Crippen LogP contribution in [0.15, 0.2) is 66.7 Å². The number of rotatable bonds is 7. The van der Waals surface area contributed by atoms with Crippen LogP contribution in [0.4, 0.5) is 5.82 Å². The molecule has 1 N–H and O–H groups in total. The first-order valence-electron chi connectivity index (χ1n) is 10.5. The SMILES string of the molecule is O=C(NCCOc1ccccc1)C1CCCN(c2ccc(-c3ccc(Cl)cc3)nn2)C1. The summed E-state index contributed by atoms with van der Waals surface area (Å²) in [5.41, 5.74) is 1.77. The number of carbonyl (C=O) groups excluding carboxylic acids is 1. The molecule has 1 unspecified atom stereocenters. The van der Waals surface area contributed by atoms with Gasteiger partial charge in [-0.05, 0) is 49.2 Å². The number of nitrogens with zero attached hydrogens (tertiary/aromatic N) is 3. The molecule has 1 atom stereocenters. The summed E-state index contributed by atoms with van der Waals surface area (Å²) in [7, 11) is 0. The zero-order valence-corrected chi connectivity index (χ0v) is 18.0. The number of ether oxygens (including phenoxy) is 1. The topological polar surface area (TPSA) is 67.3 Å². The molecular formula is C24H25ClN4O2. The fourth-order valence-electron chi connectivity index (χ4n) is 3.67. The van der Waals surface area contributed by atoms with Gasteiger partial charge in [0.2, 0.25) is 5.91 Å². The highest BCUT2D eigenvalue weighted by atomic mass is 35.5. The van der Waals surface area contributed by atoms with E-state index in [-0.39, 0.29) is 11.8 Å². The number of nitrogens with one attached hydrogen (secondary N) is 1. The lowest BCUT2D eigenvalue weighted by Gasteiger charge is -2.32. The van der Waals surface area contributed by atoms with Gasteiger partial charge in [-0.25, -0.2) is 0 Å². The van der Waals surface area contributed by atoms with Crippen LogP contribution < -0.4 is 15.0 Å². The largest absolute Gasteiger partial charge is 0.492 e. The molecule has 3 aromatic rings. The summed E-state index contributed by atoms with van der Waals surface area (Å²) < 4.78 is 5.64. The molecule has 1 saturated heterocycles. The average Bonchev–Trinajstić information content (AvgIpc) is 2.83. The Morgan fingerprint density at radius 3 is 2.61 bits per heavy atom. The molecule has 0 spiro atoms. The predicted octanol–water partition coefficient (Wildman–Crippen LogP) is 4.21. The molecule has 0 radical (unpaired) electrons. The fourth-order valence-corrected chi connectivity index (χ4v) is 3.80. The second kappa shape index (κ2) is 10.3. The van der Waals surface area contributed by atoms with Crippen LogP contribution in [0.1, 0.15) is 12.8 Å². The van der Waals surface area contributed by atoms with Crippen LogP contribution in [0, 0.1) is 5.92 Å². The molecule has 7 heteroatoms. The lowest BCUT2D eigenvalue weighted by atomic mass is 9.97. The van der Waals surface area contributed by atoms with Crippen molar-refractivity contribution in [2.24, 2.45) is 5.92 Å². The predicted molar refractivity (Wildman–Crippen MR) is 122 cm³/mol. The molecule has 0 saturated carbocycles. The lowest BCUT2D eigenvalue weighted by Crippen LogP contribution is -2.44. The van der Waals surface area contributed by atoms with E-state index in [2.05, 4.69) is 20.4 Å². The van der Waals surface area contributed by atoms with Gasteiger partial charge in [-0.1, -0.05) is 41.9 Å².